The molecule has 3 nitrogen and oxygen atoms in total. The van der Waals surface area contributed by atoms with Crippen molar-refractivity contribution in [1.29, 1.82) is 0 Å². The predicted molar refractivity (Wildman–Crippen MR) is 88.6 cm³/mol. The molecule has 0 unspecified atom stereocenters. The SMILES string of the molecule is CC[C@@H](Oc1ccc(F)cc1)C(=O)Nc1ccc(Br)c(C)c1. The Hall–Kier alpha value is -1.88. The number of rotatable bonds is 5. The molecule has 0 spiro atoms. The molecule has 0 aliphatic heterocycles. The molecule has 2 aromatic rings. The van der Waals surface area contributed by atoms with E-state index in [1.165, 1.54) is 24.3 Å². The normalized spacial score (nSPS) is 11.8. The second-order valence-electron chi connectivity index (χ2n) is 4.92. The molecule has 2 aromatic carbocycles. The van der Waals surface area contributed by atoms with Gasteiger partial charge in [0.15, 0.2) is 6.10 Å². The Labute approximate surface area is 137 Å². The molecule has 0 fully saturated rings. The topological polar surface area (TPSA) is 38.3 Å². The van der Waals surface area contributed by atoms with Crippen LogP contribution in [0.15, 0.2) is 46.9 Å². The van der Waals surface area contributed by atoms with E-state index in [4.69, 9.17) is 4.74 Å². The van der Waals surface area contributed by atoms with E-state index >= 15 is 0 Å². The number of ether oxygens (including phenoxy) is 1. The van der Waals surface area contributed by atoms with Gasteiger partial charge in [0, 0.05) is 10.2 Å². The van der Waals surface area contributed by atoms with Gasteiger partial charge in [0.05, 0.1) is 0 Å². The van der Waals surface area contributed by atoms with Gasteiger partial charge >= 0.3 is 0 Å². The highest BCUT2D eigenvalue weighted by molar-refractivity contribution is 9.10. The second-order valence-corrected chi connectivity index (χ2v) is 5.78. The molecule has 0 aromatic heterocycles. The highest BCUT2D eigenvalue weighted by atomic mass is 79.9. The van der Waals surface area contributed by atoms with E-state index in [1.807, 2.05) is 32.0 Å². The number of hydrogen-bond acceptors (Lipinski definition) is 2. The van der Waals surface area contributed by atoms with Crippen LogP contribution in [0, 0.1) is 12.7 Å². The van der Waals surface area contributed by atoms with Crippen molar-refractivity contribution in [3.05, 3.63) is 58.3 Å². The summed E-state index contributed by atoms with van der Waals surface area (Å²) < 4.78 is 19.5. The fourth-order valence-electron chi connectivity index (χ4n) is 1.94. The van der Waals surface area contributed by atoms with Gasteiger partial charge in [0.2, 0.25) is 0 Å². The number of benzene rings is 2. The monoisotopic (exact) mass is 365 g/mol. The lowest BCUT2D eigenvalue weighted by molar-refractivity contribution is -0.122. The van der Waals surface area contributed by atoms with E-state index in [0.29, 0.717) is 17.9 Å². The first-order valence-electron chi connectivity index (χ1n) is 6.99. The van der Waals surface area contributed by atoms with Crippen molar-refractivity contribution in [3.8, 4) is 5.75 Å². The van der Waals surface area contributed by atoms with E-state index in [9.17, 15) is 9.18 Å². The van der Waals surface area contributed by atoms with Crippen molar-refractivity contribution in [2.75, 3.05) is 5.32 Å². The molecule has 1 amide bonds. The molecule has 22 heavy (non-hydrogen) atoms. The zero-order valence-electron chi connectivity index (χ0n) is 12.4. The predicted octanol–water partition coefficient (Wildman–Crippen LogP) is 4.69. The zero-order chi connectivity index (χ0) is 16.1. The molecule has 0 bridgehead atoms. The van der Waals surface area contributed by atoms with E-state index in [-0.39, 0.29) is 11.7 Å². The first-order chi connectivity index (χ1) is 10.5. The molecule has 116 valence electrons. The van der Waals surface area contributed by atoms with Crippen LogP contribution >= 0.6 is 15.9 Å². The molecule has 5 heteroatoms. The smallest absolute Gasteiger partial charge is 0.265 e. The van der Waals surface area contributed by atoms with Crippen LogP contribution in [0.3, 0.4) is 0 Å². The molecule has 2 rings (SSSR count). The van der Waals surface area contributed by atoms with Crippen LogP contribution in [0.4, 0.5) is 10.1 Å². The molecular weight excluding hydrogens is 349 g/mol. The van der Waals surface area contributed by atoms with Crippen LogP contribution in [0.1, 0.15) is 18.9 Å². The Bertz CT molecular complexity index is 658. The number of anilines is 1. The van der Waals surface area contributed by atoms with Crippen molar-refractivity contribution < 1.29 is 13.9 Å². The average Bonchev–Trinajstić information content (AvgIpc) is 2.50. The number of nitrogens with one attached hydrogen (secondary N) is 1. The van der Waals surface area contributed by atoms with Crippen molar-refractivity contribution in [1.82, 2.24) is 0 Å². The lowest BCUT2D eigenvalue weighted by atomic mass is 10.2. The van der Waals surface area contributed by atoms with Crippen molar-refractivity contribution in [3.63, 3.8) is 0 Å². The van der Waals surface area contributed by atoms with Gasteiger partial charge in [-0.25, -0.2) is 4.39 Å². The standard InChI is InChI=1S/C17H17BrFNO2/c1-3-16(22-14-7-4-12(19)5-8-14)17(21)20-13-6-9-15(18)11(2)10-13/h4-10,16H,3H2,1-2H3,(H,20,21)/t16-/m1/s1. The Morgan fingerprint density at radius 2 is 1.95 bits per heavy atom. The zero-order valence-corrected chi connectivity index (χ0v) is 14.0. The molecule has 1 atom stereocenters. The molecule has 0 radical (unpaired) electrons. The quantitative estimate of drug-likeness (QED) is 0.834. The molecule has 0 aliphatic carbocycles. The lowest BCUT2D eigenvalue weighted by Gasteiger charge is -2.17. The largest absolute Gasteiger partial charge is 0.481 e. The summed E-state index contributed by atoms with van der Waals surface area (Å²) in [5.74, 6) is -0.0980. The molecule has 0 saturated heterocycles. The minimum atomic E-state index is -0.630. The number of halogens is 2. The van der Waals surface area contributed by atoms with Gasteiger partial charge in [-0.15, -0.1) is 0 Å². The fraction of sp³-hybridized carbons (Fsp3) is 0.235. The molecular formula is C17H17BrFNO2. The maximum Gasteiger partial charge on any atom is 0.265 e. The highest BCUT2D eigenvalue weighted by Gasteiger charge is 2.18. The first-order valence-corrected chi connectivity index (χ1v) is 7.78. The van der Waals surface area contributed by atoms with Gasteiger partial charge < -0.3 is 10.1 Å². The van der Waals surface area contributed by atoms with Crippen LogP contribution in [0.2, 0.25) is 0 Å². The van der Waals surface area contributed by atoms with Crippen molar-refractivity contribution in [2.24, 2.45) is 0 Å². The number of amides is 1. The molecule has 0 saturated carbocycles. The average molecular weight is 366 g/mol. The van der Waals surface area contributed by atoms with E-state index in [1.54, 1.807) is 0 Å². The number of carbonyl (C=O) groups excluding carboxylic acids is 1. The summed E-state index contributed by atoms with van der Waals surface area (Å²) in [5, 5.41) is 2.83. The third-order valence-electron chi connectivity index (χ3n) is 3.18. The van der Waals surface area contributed by atoms with Gasteiger partial charge in [-0.1, -0.05) is 22.9 Å². The van der Waals surface area contributed by atoms with Gasteiger partial charge in [0.1, 0.15) is 11.6 Å². The minimum absolute atomic E-state index is 0.228. The third-order valence-corrected chi connectivity index (χ3v) is 4.07. The van der Waals surface area contributed by atoms with Crippen molar-refractivity contribution in [2.45, 2.75) is 26.4 Å². The van der Waals surface area contributed by atoms with Gasteiger partial charge in [0.25, 0.3) is 5.91 Å². The summed E-state index contributed by atoms with van der Waals surface area (Å²) in [6.07, 6.45) is -0.118. The van der Waals surface area contributed by atoms with Crippen LogP contribution in [-0.4, -0.2) is 12.0 Å². The maximum atomic E-state index is 12.9. The van der Waals surface area contributed by atoms with Gasteiger partial charge in [-0.3, -0.25) is 4.79 Å². The maximum absolute atomic E-state index is 12.9. The van der Waals surface area contributed by atoms with Crippen LogP contribution in [-0.2, 0) is 4.79 Å². The summed E-state index contributed by atoms with van der Waals surface area (Å²) in [5.41, 5.74) is 1.75. The summed E-state index contributed by atoms with van der Waals surface area (Å²) in [6.45, 7) is 3.81. The number of hydrogen-bond donors (Lipinski definition) is 1. The third kappa shape index (κ3) is 4.31. The fourth-order valence-corrected chi connectivity index (χ4v) is 2.19. The Morgan fingerprint density at radius 1 is 1.27 bits per heavy atom. The van der Waals surface area contributed by atoms with E-state index in [2.05, 4.69) is 21.2 Å². The van der Waals surface area contributed by atoms with E-state index in [0.717, 1.165) is 10.0 Å². The van der Waals surface area contributed by atoms with Crippen LogP contribution in [0.5, 0.6) is 5.75 Å². The van der Waals surface area contributed by atoms with Crippen LogP contribution in [0.25, 0.3) is 0 Å². The van der Waals surface area contributed by atoms with Gasteiger partial charge in [-0.05, 0) is 61.4 Å². The second kappa shape index (κ2) is 7.40. The molecule has 1 N–H and O–H groups in total. The minimum Gasteiger partial charge on any atom is -0.481 e. The lowest BCUT2D eigenvalue weighted by Crippen LogP contribution is -2.32. The number of aryl methyl sites for hydroxylation is 1. The molecule has 0 heterocycles. The Balaban J connectivity index is 2.04. The summed E-state index contributed by atoms with van der Waals surface area (Å²) in [7, 11) is 0. The van der Waals surface area contributed by atoms with E-state index < -0.39 is 6.10 Å². The first kappa shape index (κ1) is 16.5. The number of carbonyl (C=O) groups is 1. The van der Waals surface area contributed by atoms with Crippen molar-refractivity contribution >= 4 is 27.5 Å². The summed E-state index contributed by atoms with van der Waals surface area (Å²) >= 11 is 3.42. The summed E-state index contributed by atoms with van der Waals surface area (Å²) in [4.78, 5) is 12.3. The Morgan fingerprint density at radius 3 is 2.55 bits per heavy atom. The summed E-state index contributed by atoms with van der Waals surface area (Å²) in [6, 6.07) is 11.2. The van der Waals surface area contributed by atoms with Crippen LogP contribution < -0.4 is 10.1 Å². The highest BCUT2D eigenvalue weighted by Crippen LogP contribution is 2.21. The van der Waals surface area contributed by atoms with Gasteiger partial charge in [-0.2, -0.15) is 0 Å². The molecule has 0 aliphatic rings. The Kier molecular flexibility index (Phi) is 5.55.